The molecule has 1 aromatic heterocycles. The minimum absolute atomic E-state index is 0.0213. The number of rotatable bonds is 4. The lowest BCUT2D eigenvalue weighted by molar-refractivity contribution is -0.133. The topological polar surface area (TPSA) is 59.2 Å². The quantitative estimate of drug-likeness (QED) is 0.820. The molecule has 1 aromatic rings. The lowest BCUT2D eigenvalue weighted by atomic mass is 10.1. The molecule has 1 heterocycles. The van der Waals surface area contributed by atoms with Crippen LogP contribution in [-0.4, -0.2) is 27.8 Å². The Morgan fingerprint density at radius 2 is 2.44 bits per heavy atom. The van der Waals surface area contributed by atoms with E-state index in [1.807, 2.05) is 5.38 Å². The van der Waals surface area contributed by atoms with Crippen molar-refractivity contribution >= 4 is 34.5 Å². The van der Waals surface area contributed by atoms with Gasteiger partial charge >= 0.3 is 0 Å². The summed E-state index contributed by atoms with van der Waals surface area (Å²) in [5.74, 6) is 0.0213. The lowest BCUT2D eigenvalue weighted by Gasteiger charge is -2.21. The molecule has 0 atom stereocenters. The highest BCUT2D eigenvalue weighted by atomic mass is 32.1. The van der Waals surface area contributed by atoms with E-state index in [2.05, 4.69) is 4.98 Å². The third kappa shape index (κ3) is 1.94. The second-order valence-corrected chi connectivity index (χ2v) is 5.25. The number of hydrogen-bond donors (Lipinski definition) is 1. The van der Waals surface area contributed by atoms with Gasteiger partial charge in [0.25, 0.3) is 0 Å². The second-order valence-electron chi connectivity index (χ2n) is 4.09. The average molecular weight is 255 g/mol. The van der Waals surface area contributed by atoms with Crippen LogP contribution in [0.15, 0.2) is 10.9 Å². The van der Waals surface area contributed by atoms with Crippen LogP contribution in [0.3, 0.4) is 0 Å². The molecule has 2 rings (SSSR count). The molecule has 2 N–H and O–H groups in total. The van der Waals surface area contributed by atoms with Crippen LogP contribution in [0, 0.1) is 5.41 Å². The predicted octanol–water partition coefficient (Wildman–Crippen LogP) is 1.17. The summed E-state index contributed by atoms with van der Waals surface area (Å²) in [6.45, 7) is 0.521. The van der Waals surface area contributed by atoms with Gasteiger partial charge in [-0.25, -0.2) is 4.98 Å². The highest BCUT2D eigenvalue weighted by Crippen LogP contribution is 2.47. The van der Waals surface area contributed by atoms with Crippen molar-refractivity contribution in [1.29, 1.82) is 0 Å². The van der Waals surface area contributed by atoms with Gasteiger partial charge in [-0.2, -0.15) is 0 Å². The molecule has 0 bridgehead atoms. The number of thiazole rings is 1. The highest BCUT2D eigenvalue weighted by Gasteiger charge is 2.53. The molecule has 1 aliphatic carbocycles. The summed E-state index contributed by atoms with van der Waals surface area (Å²) < 4.78 is 0. The van der Waals surface area contributed by atoms with Gasteiger partial charge in [0.2, 0.25) is 5.91 Å². The van der Waals surface area contributed by atoms with Gasteiger partial charge in [-0.1, -0.05) is 12.2 Å². The summed E-state index contributed by atoms with van der Waals surface area (Å²) in [6, 6.07) is 0. The van der Waals surface area contributed by atoms with Crippen LogP contribution in [0.5, 0.6) is 0 Å². The Morgan fingerprint density at radius 3 is 2.88 bits per heavy atom. The molecule has 0 aliphatic heterocycles. The largest absolute Gasteiger partial charge is 0.392 e. The molecule has 4 nitrogen and oxygen atoms in total. The van der Waals surface area contributed by atoms with Gasteiger partial charge in [0.05, 0.1) is 28.2 Å². The summed E-state index contributed by atoms with van der Waals surface area (Å²) in [5, 5.41) is 1.93. The molecular formula is C10H13N3OS2. The zero-order chi connectivity index (χ0) is 11.8. The number of carbonyl (C=O) groups excluding carboxylic acids is 1. The summed E-state index contributed by atoms with van der Waals surface area (Å²) in [6.07, 6.45) is 1.56. The van der Waals surface area contributed by atoms with Crippen molar-refractivity contribution in [3.63, 3.8) is 0 Å². The minimum Gasteiger partial charge on any atom is -0.392 e. The summed E-state index contributed by atoms with van der Waals surface area (Å²) in [7, 11) is 1.76. The number of aromatic nitrogens is 1. The molecule has 1 aliphatic rings. The zero-order valence-corrected chi connectivity index (χ0v) is 10.6. The van der Waals surface area contributed by atoms with Gasteiger partial charge in [0.1, 0.15) is 0 Å². The van der Waals surface area contributed by atoms with E-state index in [1.165, 1.54) is 11.3 Å². The molecule has 0 radical (unpaired) electrons. The van der Waals surface area contributed by atoms with Crippen molar-refractivity contribution in [1.82, 2.24) is 9.88 Å². The van der Waals surface area contributed by atoms with Crippen LogP contribution in [0.25, 0.3) is 0 Å². The van der Waals surface area contributed by atoms with Crippen molar-refractivity contribution in [2.45, 2.75) is 19.4 Å². The smallest absolute Gasteiger partial charge is 0.235 e. The standard InChI is InChI=1S/C10H13N3OS2/c1-13(4-7-5-16-6-12-7)9(14)10(2-3-10)8(11)15/h5-6H,2-4H2,1H3,(H2,11,15). The molecule has 1 fully saturated rings. The second kappa shape index (κ2) is 4.10. The average Bonchev–Trinajstić information content (AvgIpc) is 2.91. The van der Waals surface area contributed by atoms with Crippen molar-refractivity contribution in [2.24, 2.45) is 11.1 Å². The van der Waals surface area contributed by atoms with Gasteiger partial charge in [-0.05, 0) is 12.8 Å². The SMILES string of the molecule is CN(Cc1cscn1)C(=O)C1(C(N)=S)CC1. The molecular weight excluding hydrogens is 242 g/mol. The first-order chi connectivity index (χ1) is 7.56. The Kier molecular flexibility index (Phi) is 2.94. The Hall–Kier alpha value is -1.01. The van der Waals surface area contributed by atoms with Crippen molar-refractivity contribution in [3.8, 4) is 0 Å². The normalized spacial score (nSPS) is 16.8. The maximum Gasteiger partial charge on any atom is 0.235 e. The van der Waals surface area contributed by atoms with Crippen LogP contribution >= 0.6 is 23.6 Å². The third-order valence-electron chi connectivity index (χ3n) is 2.86. The van der Waals surface area contributed by atoms with Crippen LogP contribution in [0.4, 0.5) is 0 Å². The molecule has 0 spiro atoms. The van der Waals surface area contributed by atoms with E-state index in [0.717, 1.165) is 18.5 Å². The van der Waals surface area contributed by atoms with Crippen LogP contribution in [0.1, 0.15) is 18.5 Å². The summed E-state index contributed by atoms with van der Waals surface area (Å²) >= 11 is 6.48. The highest BCUT2D eigenvalue weighted by molar-refractivity contribution is 7.80. The van der Waals surface area contributed by atoms with Crippen molar-refractivity contribution in [3.05, 3.63) is 16.6 Å². The maximum atomic E-state index is 12.1. The fourth-order valence-corrected chi connectivity index (χ4v) is 2.53. The van der Waals surface area contributed by atoms with E-state index in [1.54, 1.807) is 17.5 Å². The van der Waals surface area contributed by atoms with Crippen molar-refractivity contribution < 1.29 is 4.79 Å². The summed E-state index contributed by atoms with van der Waals surface area (Å²) in [5.41, 5.74) is 7.72. The van der Waals surface area contributed by atoms with E-state index in [-0.39, 0.29) is 5.91 Å². The van der Waals surface area contributed by atoms with E-state index in [0.29, 0.717) is 11.5 Å². The van der Waals surface area contributed by atoms with Gasteiger partial charge < -0.3 is 10.6 Å². The van der Waals surface area contributed by atoms with E-state index < -0.39 is 5.41 Å². The Bertz CT molecular complexity index is 412. The fourth-order valence-electron chi connectivity index (χ4n) is 1.69. The Labute approximate surface area is 103 Å². The summed E-state index contributed by atoms with van der Waals surface area (Å²) in [4.78, 5) is 18.3. The van der Waals surface area contributed by atoms with E-state index >= 15 is 0 Å². The molecule has 0 aromatic carbocycles. The van der Waals surface area contributed by atoms with Crippen LogP contribution in [0.2, 0.25) is 0 Å². The lowest BCUT2D eigenvalue weighted by Crippen LogP contribution is -2.40. The Morgan fingerprint density at radius 1 is 1.75 bits per heavy atom. The van der Waals surface area contributed by atoms with Gasteiger partial charge in [-0.3, -0.25) is 4.79 Å². The molecule has 1 amide bonds. The first-order valence-electron chi connectivity index (χ1n) is 4.99. The van der Waals surface area contributed by atoms with Gasteiger partial charge in [0.15, 0.2) is 0 Å². The number of hydrogen-bond acceptors (Lipinski definition) is 4. The number of thiocarbonyl (C=S) groups is 1. The Balaban J connectivity index is 2.03. The number of carbonyl (C=O) groups is 1. The van der Waals surface area contributed by atoms with E-state index in [9.17, 15) is 4.79 Å². The fraction of sp³-hybridized carbons (Fsp3) is 0.500. The molecule has 0 unspecified atom stereocenters. The predicted molar refractivity (Wildman–Crippen MR) is 67.0 cm³/mol. The monoisotopic (exact) mass is 255 g/mol. The zero-order valence-electron chi connectivity index (χ0n) is 8.97. The number of nitrogens with two attached hydrogens (primary N) is 1. The number of amides is 1. The molecule has 6 heteroatoms. The van der Waals surface area contributed by atoms with Gasteiger partial charge in [-0.15, -0.1) is 11.3 Å². The molecule has 1 saturated carbocycles. The maximum absolute atomic E-state index is 12.1. The first-order valence-corrected chi connectivity index (χ1v) is 6.34. The number of nitrogens with zero attached hydrogens (tertiary/aromatic N) is 2. The molecule has 86 valence electrons. The minimum atomic E-state index is -0.555. The van der Waals surface area contributed by atoms with Crippen LogP contribution in [-0.2, 0) is 11.3 Å². The van der Waals surface area contributed by atoms with Crippen molar-refractivity contribution in [2.75, 3.05) is 7.05 Å². The van der Waals surface area contributed by atoms with Gasteiger partial charge in [0, 0.05) is 12.4 Å². The third-order valence-corrected chi connectivity index (χ3v) is 3.89. The molecule has 16 heavy (non-hydrogen) atoms. The van der Waals surface area contributed by atoms with Crippen LogP contribution < -0.4 is 5.73 Å². The van der Waals surface area contributed by atoms with E-state index in [4.69, 9.17) is 18.0 Å². The first kappa shape index (κ1) is 11.5. The molecule has 0 saturated heterocycles.